The predicted molar refractivity (Wildman–Crippen MR) is 286 cm³/mol. The molecule has 0 spiro atoms. The molecule has 0 aliphatic carbocycles. The molecule has 0 amide bonds. The van der Waals surface area contributed by atoms with Crippen molar-refractivity contribution in [2.45, 2.75) is 0 Å². The maximum Gasteiger partial charge on any atom is 0.238 e. The van der Waals surface area contributed by atoms with Gasteiger partial charge in [0.2, 0.25) is 5.95 Å². The average Bonchev–Trinajstić information content (AvgIpc) is 4.17. The van der Waals surface area contributed by atoms with Crippen LogP contribution in [0.25, 0.3) is 139 Å². The van der Waals surface area contributed by atoms with Crippen molar-refractivity contribution in [3.8, 4) is 51.2 Å². The van der Waals surface area contributed by atoms with Crippen LogP contribution in [0.5, 0.6) is 0 Å². The van der Waals surface area contributed by atoms with E-state index in [1.54, 1.807) is 0 Å². The van der Waals surface area contributed by atoms with E-state index in [0.717, 1.165) is 93.6 Å². The second-order valence-corrected chi connectivity index (χ2v) is 18.0. The fraction of sp³-hybridized carbons (Fsp3) is 0. The van der Waals surface area contributed by atoms with Crippen molar-refractivity contribution in [2.75, 3.05) is 0 Å². The number of nitrogens with zero attached hydrogens (tertiary/aromatic N) is 6. The largest absolute Gasteiger partial charge is 0.456 e. The summed E-state index contributed by atoms with van der Waals surface area (Å²) in [4.78, 5) is 16.0. The monoisotopic (exact) mass is 894 g/mol. The van der Waals surface area contributed by atoms with E-state index >= 15 is 0 Å². The molecule has 0 unspecified atom stereocenters. The lowest BCUT2D eigenvalue weighted by molar-refractivity contribution is 0.669. The third kappa shape index (κ3) is 5.72. The first-order valence-corrected chi connectivity index (χ1v) is 23.6. The predicted octanol–water partition coefficient (Wildman–Crippen LogP) is 16.1. The van der Waals surface area contributed by atoms with Crippen molar-refractivity contribution in [3.05, 3.63) is 231 Å². The smallest absolute Gasteiger partial charge is 0.238 e. The van der Waals surface area contributed by atoms with Crippen molar-refractivity contribution < 1.29 is 4.42 Å². The van der Waals surface area contributed by atoms with Gasteiger partial charge in [-0.15, -0.1) is 0 Å². The molecule has 10 aromatic carbocycles. The van der Waals surface area contributed by atoms with Crippen LogP contribution in [0, 0.1) is 0 Å². The van der Waals surface area contributed by atoms with Gasteiger partial charge < -0.3 is 13.6 Å². The second-order valence-electron chi connectivity index (χ2n) is 18.0. The Bertz CT molecular complexity index is 4530. The molecule has 0 radical (unpaired) electrons. The average molecular weight is 895 g/mol. The highest BCUT2D eigenvalue weighted by atomic mass is 16.3. The van der Waals surface area contributed by atoms with Gasteiger partial charge in [-0.1, -0.05) is 164 Å². The molecule has 0 saturated heterocycles. The van der Waals surface area contributed by atoms with Gasteiger partial charge in [-0.2, -0.15) is 9.97 Å². The van der Waals surface area contributed by atoms with Gasteiger partial charge in [0.05, 0.1) is 33.1 Å². The number of furan rings is 1. The number of aromatic nitrogens is 6. The first-order chi connectivity index (χ1) is 34.7. The van der Waals surface area contributed by atoms with Gasteiger partial charge in [0.1, 0.15) is 11.2 Å². The van der Waals surface area contributed by atoms with Crippen LogP contribution in [0.15, 0.2) is 235 Å². The van der Waals surface area contributed by atoms with Gasteiger partial charge in [-0.25, -0.2) is 4.98 Å². The molecule has 7 heteroatoms. The van der Waals surface area contributed by atoms with E-state index in [9.17, 15) is 0 Å². The summed E-state index contributed by atoms with van der Waals surface area (Å²) in [7, 11) is 0. The van der Waals surface area contributed by atoms with Crippen molar-refractivity contribution in [1.29, 1.82) is 0 Å². The first kappa shape index (κ1) is 38.5. The van der Waals surface area contributed by atoms with E-state index in [2.05, 4.69) is 208 Å². The number of fused-ring (bicyclic) bond motifs is 13. The molecule has 0 atom stereocenters. The van der Waals surface area contributed by atoms with Gasteiger partial charge in [0.15, 0.2) is 11.6 Å². The van der Waals surface area contributed by atoms with Crippen LogP contribution < -0.4 is 0 Å². The number of hydrogen-bond acceptors (Lipinski definition) is 4. The maximum atomic E-state index is 6.41. The third-order valence-electron chi connectivity index (χ3n) is 14.1. The lowest BCUT2D eigenvalue weighted by Gasteiger charge is -2.14. The van der Waals surface area contributed by atoms with Crippen molar-refractivity contribution >= 4 is 87.4 Å². The van der Waals surface area contributed by atoms with Gasteiger partial charge in [-0.05, 0) is 77.9 Å². The van der Waals surface area contributed by atoms with E-state index in [1.165, 1.54) is 27.4 Å². The van der Waals surface area contributed by atoms with Gasteiger partial charge in [0.25, 0.3) is 0 Å². The van der Waals surface area contributed by atoms with Crippen LogP contribution in [0.1, 0.15) is 0 Å². The molecule has 0 aliphatic heterocycles. The molecule has 15 rings (SSSR count). The normalized spacial score (nSPS) is 12.0. The topological polar surface area (TPSA) is 66.6 Å². The molecule has 0 fully saturated rings. The fourth-order valence-electron chi connectivity index (χ4n) is 11.0. The highest BCUT2D eigenvalue weighted by molar-refractivity contribution is 6.24. The molecular formula is C63H38N6O. The summed E-state index contributed by atoms with van der Waals surface area (Å²) in [6.45, 7) is 0. The van der Waals surface area contributed by atoms with E-state index in [1.807, 2.05) is 36.4 Å². The Balaban J connectivity index is 1.04. The molecule has 5 heterocycles. The highest BCUT2D eigenvalue weighted by Gasteiger charge is 2.25. The molecule has 7 nitrogen and oxygen atoms in total. The Morgan fingerprint density at radius 1 is 0.271 bits per heavy atom. The molecule has 5 aromatic heterocycles. The Labute approximate surface area is 400 Å². The van der Waals surface area contributed by atoms with E-state index in [4.69, 9.17) is 19.4 Å². The van der Waals surface area contributed by atoms with Crippen LogP contribution in [-0.4, -0.2) is 28.7 Å². The van der Waals surface area contributed by atoms with Crippen LogP contribution in [0.4, 0.5) is 0 Å². The molecule has 15 aromatic rings. The van der Waals surface area contributed by atoms with Crippen molar-refractivity contribution in [3.63, 3.8) is 0 Å². The zero-order chi connectivity index (χ0) is 45.9. The lowest BCUT2D eigenvalue weighted by atomic mass is 10.1. The molecular weight excluding hydrogens is 857 g/mol. The summed E-state index contributed by atoms with van der Waals surface area (Å²) in [6, 6.07) is 81.6. The van der Waals surface area contributed by atoms with Crippen molar-refractivity contribution in [2.24, 2.45) is 0 Å². The molecule has 70 heavy (non-hydrogen) atoms. The minimum absolute atomic E-state index is 0.523. The zero-order valence-corrected chi connectivity index (χ0v) is 37.5. The Kier molecular flexibility index (Phi) is 8.23. The van der Waals surface area contributed by atoms with E-state index in [-0.39, 0.29) is 0 Å². The molecule has 0 aliphatic rings. The summed E-state index contributed by atoms with van der Waals surface area (Å²) in [5.74, 6) is 1.66. The van der Waals surface area contributed by atoms with Crippen LogP contribution in [0.3, 0.4) is 0 Å². The minimum Gasteiger partial charge on any atom is -0.456 e. The minimum atomic E-state index is 0.523. The number of hydrogen-bond donors (Lipinski definition) is 0. The Hall–Kier alpha value is -9.59. The van der Waals surface area contributed by atoms with E-state index in [0.29, 0.717) is 17.6 Å². The van der Waals surface area contributed by atoms with Gasteiger partial charge in [-0.3, -0.25) is 4.57 Å². The third-order valence-corrected chi connectivity index (χ3v) is 14.1. The summed E-state index contributed by atoms with van der Waals surface area (Å²) >= 11 is 0. The molecule has 326 valence electrons. The second kappa shape index (κ2) is 15.0. The fourth-order valence-corrected chi connectivity index (χ4v) is 11.0. The SMILES string of the molecule is c1ccc(-c2ccc(-n3c4ccc(-n5c6ccccc6c6ccccc65)cc4c4ccc5c6ccccc6n(-c6nc(-c7ccccc7)nc(-c7ccc8c(c7)oc7ccccc78)n6)c5c43)cc2)cc1. The maximum absolute atomic E-state index is 6.41. The molecule has 0 saturated carbocycles. The Morgan fingerprint density at radius 3 is 1.44 bits per heavy atom. The van der Waals surface area contributed by atoms with Crippen LogP contribution in [-0.2, 0) is 0 Å². The number of benzene rings is 10. The summed E-state index contributed by atoms with van der Waals surface area (Å²) < 4.78 is 13.5. The lowest BCUT2D eigenvalue weighted by Crippen LogP contribution is -2.07. The quantitative estimate of drug-likeness (QED) is 0.167. The Morgan fingerprint density at radius 2 is 0.743 bits per heavy atom. The summed E-state index contributed by atoms with van der Waals surface area (Å²) in [6.07, 6.45) is 0. The number of para-hydroxylation sites is 4. The summed E-state index contributed by atoms with van der Waals surface area (Å²) in [5.41, 5.74) is 14.3. The molecule has 0 N–H and O–H groups in total. The number of rotatable bonds is 6. The zero-order valence-electron chi connectivity index (χ0n) is 37.5. The standard InChI is InChI=1S/C63H38N6O/c1-3-15-39(16-4-1)40-27-30-43(31-28-40)68-56-36-32-44(67-53-23-11-7-19-45(53)46-20-8-12-24-54(46)67)38-52(56)51-35-34-50-47-21-9-13-25-55(47)69(60(50)59(51)68)63-65-61(41-17-5-2-6-18-41)64-62(66-63)42-29-33-49-48-22-10-14-26-57(48)70-58(49)37-42/h1-38H. The van der Waals surface area contributed by atoms with Gasteiger partial charge >= 0.3 is 0 Å². The molecule has 0 bridgehead atoms. The summed E-state index contributed by atoms with van der Waals surface area (Å²) in [5, 5.41) is 9.05. The first-order valence-electron chi connectivity index (χ1n) is 23.6. The van der Waals surface area contributed by atoms with Gasteiger partial charge in [0, 0.05) is 65.6 Å². The highest BCUT2D eigenvalue weighted by Crippen LogP contribution is 2.43. The van der Waals surface area contributed by atoms with Crippen LogP contribution in [0.2, 0.25) is 0 Å². The van der Waals surface area contributed by atoms with Crippen molar-refractivity contribution in [1.82, 2.24) is 28.7 Å². The van der Waals surface area contributed by atoms with E-state index < -0.39 is 0 Å². The van der Waals surface area contributed by atoms with Crippen LogP contribution >= 0.6 is 0 Å².